The Morgan fingerprint density at radius 1 is 0.944 bits per heavy atom. The topological polar surface area (TPSA) is 91.9 Å². The molecule has 8 heteroatoms. The van der Waals surface area contributed by atoms with Crippen LogP contribution >= 0.6 is 0 Å². The van der Waals surface area contributed by atoms with E-state index in [2.05, 4.69) is 60.3 Å². The minimum Gasteiger partial charge on any atom is -0.359 e. The monoisotopic (exact) mass is 491 g/mol. The lowest BCUT2D eigenvalue weighted by Crippen LogP contribution is -2.52. The summed E-state index contributed by atoms with van der Waals surface area (Å²) in [6.07, 6.45) is 3.68. The van der Waals surface area contributed by atoms with E-state index >= 15 is 0 Å². The number of amides is 3. The van der Waals surface area contributed by atoms with Crippen molar-refractivity contribution in [3.63, 3.8) is 0 Å². The van der Waals surface area contributed by atoms with Crippen LogP contribution in [-0.2, 0) is 4.79 Å². The van der Waals surface area contributed by atoms with Crippen LogP contribution in [0.1, 0.15) is 37.8 Å². The molecule has 2 aromatic carbocycles. The largest absolute Gasteiger partial charge is 0.359 e. The van der Waals surface area contributed by atoms with Gasteiger partial charge in [0.25, 0.3) is 0 Å². The van der Waals surface area contributed by atoms with Crippen LogP contribution in [0, 0.1) is 6.92 Å². The number of carbonyl (C=O) groups is 2. The van der Waals surface area contributed by atoms with Crippen molar-refractivity contribution < 1.29 is 14.8 Å². The lowest BCUT2D eigenvalue weighted by molar-refractivity contribution is -0.129. The molecule has 4 rings (SSSR count). The molecule has 1 aliphatic rings. The number of aryl methyl sites for hydroxylation is 1. The second kappa shape index (κ2) is 12.1. The first-order valence-corrected chi connectivity index (χ1v) is 12.8. The number of fused-ring (bicyclic) bond motifs is 1. The average Bonchev–Trinajstić information content (AvgIpc) is 3.27. The summed E-state index contributed by atoms with van der Waals surface area (Å²) in [6, 6.07) is 16.9. The van der Waals surface area contributed by atoms with Gasteiger partial charge in [0.1, 0.15) is 0 Å². The molecule has 0 saturated carbocycles. The number of piperazine rings is 1. The number of anilines is 1. The number of unbranched alkanes of at least 4 members (excludes halogenated alkanes) is 3. The SMILES string of the molecule is Cc1cc2cc(-c3ccc(N(CCCCCCC(=O)NO)C(=O)N4CCN(C)CC4)cc3)ccc2[nH]1. The zero-order valence-corrected chi connectivity index (χ0v) is 21.3. The summed E-state index contributed by atoms with van der Waals surface area (Å²) < 4.78 is 0. The van der Waals surface area contributed by atoms with Crippen molar-refractivity contribution in [2.45, 2.75) is 39.0 Å². The number of nitrogens with one attached hydrogen (secondary N) is 2. The molecule has 0 atom stereocenters. The van der Waals surface area contributed by atoms with Gasteiger partial charge in [-0.05, 0) is 68.3 Å². The molecule has 0 spiro atoms. The lowest BCUT2D eigenvalue weighted by Gasteiger charge is -2.36. The van der Waals surface area contributed by atoms with Gasteiger partial charge >= 0.3 is 6.03 Å². The Kier molecular flexibility index (Phi) is 8.61. The van der Waals surface area contributed by atoms with E-state index in [1.54, 1.807) is 5.48 Å². The number of carbonyl (C=O) groups excluding carboxylic acids is 2. The molecule has 0 aliphatic carbocycles. The number of H-pyrrole nitrogens is 1. The van der Waals surface area contributed by atoms with Crippen molar-refractivity contribution in [3.8, 4) is 11.1 Å². The molecule has 192 valence electrons. The van der Waals surface area contributed by atoms with Gasteiger partial charge in [-0.15, -0.1) is 0 Å². The first-order chi connectivity index (χ1) is 17.4. The Hall–Kier alpha value is -3.36. The molecule has 3 N–H and O–H groups in total. The predicted molar refractivity (Wildman–Crippen MR) is 143 cm³/mol. The van der Waals surface area contributed by atoms with Gasteiger partial charge in [-0.25, -0.2) is 10.3 Å². The summed E-state index contributed by atoms with van der Waals surface area (Å²) in [5.41, 5.74) is 7.13. The van der Waals surface area contributed by atoms with Gasteiger partial charge < -0.3 is 14.8 Å². The van der Waals surface area contributed by atoms with Gasteiger partial charge in [0, 0.05) is 61.4 Å². The van der Waals surface area contributed by atoms with E-state index in [1.165, 1.54) is 5.39 Å². The Morgan fingerprint density at radius 2 is 1.64 bits per heavy atom. The van der Waals surface area contributed by atoms with E-state index in [9.17, 15) is 9.59 Å². The Labute approximate surface area is 212 Å². The lowest BCUT2D eigenvalue weighted by atomic mass is 10.0. The summed E-state index contributed by atoms with van der Waals surface area (Å²) in [7, 11) is 2.08. The fourth-order valence-corrected chi connectivity index (χ4v) is 4.76. The van der Waals surface area contributed by atoms with Crippen LogP contribution < -0.4 is 10.4 Å². The quantitative estimate of drug-likeness (QED) is 0.228. The normalized spacial score (nSPS) is 14.2. The molecule has 0 unspecified atom stereocenters. The number of hydrogen-bond acceptors (Lipinski definition) is 4. The van der Waals surface area contributed by atoms with Gasteiger partial charge in [0.2, 0.25) is 5.91 Å². The number of aromatic nitrogens is 1. The Morgan fingerprint density at radius 3 is 2.36 bits per heavy atom. The van der Waals surface area contributed by atoms with Gasteiger partial charge in [-0.1, -0.05) is 31.0 Å². The van der Waals surface area contributed by atoms with Crippen LogP contribution in [0.2, 0.25) is 0 Å². The third-order valence-corrected chi connectivity index (χ3v) is 6.93. The van der Waals surface area contributed by atoms with E-state index in [1.807, 2.05) is 21.9 Å². The minimum atomic E-state index is -0.354. The van der Waals surface area contributed by atoms with E-state index in [-0.39, 0.29) is 11.9 Å². The van der Waals surface area contributed by atoms with Crippen molar-refractivity contribution in [2.75, 3.05) is 44.7 Å². The third kappa shape index (κ3) is 6.44. The molecular weight excluding hydrogens is 454 g/mol. The average molecular weight is 492 g/mol. The molecule has 1 aliphatic heterocycles. The molecule has 1 saturated heterocycles. The van der Waals surface area contributed by atoms with E-state index in [0.717, 1.165) is 79.9 Å². The number of benzene rings is 2. The molecule has 8 nitrogen and oxygen atoms in total. The highest BCUT2D eigenvalue weighted by atomic mass is 16.5. The maximum Gasteiger partial charge on any atom is 0.324 e. The predicted octanol–water partition coefficient (Wildman–Crippen LogP) is 4.77. The number of aromatic amines is 1. The molecule has 1 aromatic heterocycles. The van der Waals surface area contributed by atoms with Crippen molar-refractivity contribution >= 4 is 28.5 Å². The molecule has 1 fully saturated rings. The second-order valence-corrected chi connectivity index (χ2v) is 9.72. The zero-order valence-electron chi connectivity index (χ0n) is 21.3. The molecule has 36 heavy (non-hydrogen) atoms. The van der Waals surface area contributed by atoms with Crippen molar-refractivity contribution in [3.05, 3.63) is 54.2 Å². The number of nitrogens with zero attached hydrogens (tertiary/aromatic N) is 3. The highest BCUT2D eigenvalue weighted by Gasteiger charge is 2.25. The first kappa shape index (κ1) is 25.7. The molecule has 0 bridgehead atoms. The standard InChI is InChI=1S/C28H37N5O3/c1-21-19-24-20-23(10-13-26(24)29-21)22-8-11-25(12-9-22)33(14-6-4-3-5-7-27(34)30-36)28(35)32-17-15-31(2)16-18-32/h8-13,19-20,29,36H,3-7,14-18H2,1-2H3,(H,30,34). The van der Waals surface area contributed by atoms with Crippen molar-refractivity contribution in [1.82, 2.24) is 20.3 Å². The Balaban J connectivity index is 1.45. The smallest absolute Gasteiger partial charge is 0.324 e. The molecular formula is C28H37N5O3. The fourth-order valence-electron chi connectivity index (χ4n) is 4.76. The molecule has 0 radical (unpaired) electrons. The zero-order chi connectivity index (χ0) is 25.5. The van der Waals surface area contributed by atoms with Crippen LogP contribution in [-0.4, -0.2) is 71.7 Å². The summed E-state index contributed by atoms with van der Waals surface area (Å²) >= 11 is 0. The fraction of sp³-hybridized carbons (Fsp3) is 0.429. The van der Waals surface area contributed by atoms with Crippen molar-refractivity contribution in [2.24, 2.45) is 0 Å². The summed E-state index contributed by atoms with van der Waals surface area (Å²) in [6.45, 7) is 5.92. The number of hydrogen-bond donors (Lipinski definition) is 3. The summed E-state index contributed by atoms with van der Waals surface area (Å²) in [4.78, 5) is 34.2. The van der Waals surface area contributed by atoms with E-state index < -0.39 is 0 Å². The van der Waals surface area contributed by atoms with Crippen LogP contribution in [0.5, 0.6) is 0 Å². The summed E-state index contributed by atoms with van der Waals surface area (Å²) in [5, 5.41) is 9.82. The van der Waals surface area contributed by atoms with Gasteiger partial charge in [-0.2, -0.15) is 0 Å². The van der Waals surface area contributed by atoms with Gasteiger partial charge in [-0.3, -0.25) is 14.9 Å². The highest BCUT2D eigenvalue weighted by molar-refractivity contribution is 5.92. The highest BCUT2D eigenvalue weighted by Crippen LogP contribution is 2.28. The molecule has 3 amide bonds. The number of rotatable bonds is 9. The number of hydroxylamine groups is 1. The van der Waals surface area contributed by atoms with Crippen LogP contribution in [0.15, 0.2) is 48.5 Å². The van der Waals surface area contributed by atoms with Crippen LogP contribution in [0.3, 0.4) is 0 Å². The number of likely N-dealkylation sites (N-methyl/N-ethyl adjacent to an activating group) is 1. The second-order valence-electron chi connectivity index (χ2n) is 9.72. The number of urea groups is 1. The van der Waals surface area contributed by atoms with E-state index in [0.29, 0.717) is 13.0 Å². The van der Waals surface area contributed by atoms with Gasteiger partial charge in [0.15, 0.2) is 0 Å². The van der Waals surface area contributed by atoms with Crippen LogP contribution in [0.25, 0.3) is 22.0 Å². The maximum absolute atomic E-state index is 13.5. The third-order valence-electron chi connectivity index (χ3n) is 6.93. The van der Waals surface area contributed by atoms with Crippen LogP contribution in [0.4, 0.5) is 10.5 Å². The molecule has 2 heterocycles. The minimum absolute atomic E-state index is 0.0553. The maximum atomic E-state index is 13.5. The summed E-state index contributed by atoms with van der Waals surface area (Å²) in [5.74, 6) is -0.354. The van der Waals surface area contributed by atoms with E-state index in [4.69, 9.17) is 5.21 Å². The molecule has 3 aromatic rings. The Bertz CT molecular complexity index is 1170. The van der Waals surface area contributed by atoms with Crippen molar-refractivity contribution in [1.29, 1.82) is 0 Å². The first-order valence-electron chi connectivity index (χ1n) is 12.8. The van der Waals surface area contributed by atoms with Gasteiger partial charge in [0.05, 0.1) is 0 Å².